The molecule has 0 heterocycles. The lowest BCUT2D eigenvalue weighted by Gasteiger charge is -2.16. The summed E-state index contributed by atoms with van der Waals surface area (Å²) in [6.07, 6.45) is 0.791. The van der Waals surface area contributed by atoms with E-state index in [1.54, 1.807) is 30.3 Å². The second kappa shape index (κ2) is 10.0. The third kappa shape index (κ3) is 7.11. The fourth-order valence-corrected chi connectivity index (χ4v) is 2.40. The number of nitrogens with one attached hydrogen (secondary N) is 1. The molecule has 25 heavy (non-hydrogen) atoms. The Morgan fingerprint density at radius 1 is 1.20 bits per heavy atom. The van der Waals surface area contributed by atoms with Gasteiger partial charge in [-0.25, -0.2) is 4.39 Å². The van der Waals surface area contributed by atoms with E-state index in [1.807, 2.05) is 24.1 Å². The first-order chi connectivity index (χ1) is 12.0. The maximum Gasteiger partial charge on any atom is 0.234 e. The second-order valence-corrected chi connectivity index (χ2v) is 6.20. The minimum atomic E-state index is -0.310. The highest BCUT2D eigenvalue weighted by Gasteiger charge is 2.08. The van der Waals surface area contributed by atoms with Crippen LogP contribution in [-0.4, -0.2) is 37.6 Å². The summed E-state index contributed by atoms with van der Waals surface area (Å²) in [7, 11) is 1.87. The molecule has 0 aromatic heterocycles. The highest BCUT2D eigenvalue weighted by molar-refractivity contribution is 6.30. The van der Waals surface area contributed by atoms with E-state index in [1.165, 1.54) is 6.07 Å². The molecule has 1 amide bonds. The van der Waals surface area contributed by atoms with Crippen LogP contribution < -0.4 is 10.1 Å². The molecule has 2 rings (SSSR count). The fraction of sp³-hybridized carbons (Fsp3) is 0.316. The summed E-state index contributed by atoms with van der Waals surface area (Å²) in [5, 5.41) is 3.40. The highest BCUT2D eigenvalue weighted by Crippen LogP contribution is 2.15. The Morgan fingerprint density at radius 3 is 2.64 bits per heavy atom. The molecule has 1 N–H and O–H groups in total. The van der Waals surface area contributed by atoms with Crippen molar-refractivity contribution < 1.29 is 13.9 Å². The number of carbonyl (C=O) groups is 1. The van der Waals surface area contributed by atoms with E-state index >= 15 is 0 Å². The van der Waals surface area contributed by atoms with E-state index in [9.17, 15) is 9.18 Å². The van der Waals surface area contributed by atoms with Gasteiger partial charge in [0.05, 0.1) is 13.2 Å². The first-order valence-electron chi connectivity index (χ1n) is 8.11. The minimum absolute atomic E-state index is 0.135. The normalized spacial score (nSPS) is 10.7. The van der Waals surface area contributed by atoms with Gasteiger partial charge in [0.25, 0.3) is 0 Å². The van der Waals surface area contributed by atoms with E-state index in [2.05, 4.69) is 5.32 Å². The molecule has 2 aromatic rings. The lowest BCUT2D eigenvalue weighted by Crippen LogP contribution is -2.35. The van der Waals surface area contributed by atoms with E-state index in [4.69, 9.17) is 16.3 Å². The summed E-state index contributed by atoms with van der Waals surface area (Å²) < 4.78 is 19.1. The summed E-state index contributed by atoms with van der Waals surface area (Å²) in [5.41, 5.74) is 0.481. The Balaban J connectivity index is 1.61. The van der Waals surface area contributed by atoms with Crippen molar-refractivity contribution >= 4 is 17.5 Å². The number of ether oxygens (including phenoxy) is 1. The van der Waals surface area contributed by atoms with Crippen LogP contribution in [0.1, 0.15) is 12.0 Å². The molecule has 6 heteroatoms. The van der Waals surface area contributed by atoms with Gasteiger partial charge in [-0.1, -0.05) is 29.8 Å². The van der Waals surface area contributed by atoms with Crippen LogP contribution in [0, 0.1) is 5.82 Å². The van der Waals surface area contributed by atoms with Gasteiger partial charge in [-0.3, -0.25) is 9.69 Å². The number of hydrogen-bond donors (Lipinski definition) is 1. The molecule has 0 unspecified atom stereocenters. The molecule has 0 aliphatic rings. The summed E-state index contributed by atoms with van der Waals surface area (Å²) >= 11 is 5.82. The summed E-state index contributed by atoms with van der Waals surface area (Å²) in [4.78, 5) is 13.8. The van der Waals surface area contributed by atoms with Gasteiger partial charge in [-0.15, -0.1) is 0 Å². The van der Waals surface area contributed by atoms with Crippen LogP contribution in [0.3, 0.4) is 0 Å². The molecule has 0 radical (unpaired) electrons. The molecular formula is C19H22ClFN2O2. The van der Waals surface area contributed by atoms with E-state index < -0.39 is 0 Å². The van der Waals surface area contributed by atoms with Crippen molar-refractivity contribution in [2.75, 3.05) is 26.7 Å². The number of amides is 1. The van der Waals surface area contributed by atoms with Crippen LogP contribution in [-0.2, 0) is 11.3 Å². The van der Waals surface area contributed by atoms with Crippen LogP contribution in [0.25, 0.3) is 0 Å². The van der Waals surface area contributed by atoms with Crippen molar-refractivity contribution in [1.29, 1.82) is 0 Å². The fourth-order valence-electron chi connectivity index (χ4n) is 2.27. The molecule has 2 aromatic carbocycles. The van der Waals surface area contributed by atoms with E-state index in [-0.39, 0.29) is 24.8 Å². The van der Waals surface area contributed by atoms with Crippen LogP contribution in [0.2, 0.25) is 5.02 Å². The molecular weight excluding hydrogens is 343 g/mol. The maximum absolute atomic E-state index is 13.5. The predicted molar refractivity (Wildman–Crippen MR) is 97.3 cm³/mol. The van der Waals surface area contributed by atoms with Crippen molar-refractivity contribution in [1.82, 2.24) is 10.2 Å². The van der Waals surface area contributed by atoms with Gasteiger partial charge >= 0.3 is 0 Å². The zero-order valence-corrected chi connectivity index (χ0v) is 14.9. The molecule has 0 aliphatic carbocycles. The van der Waals surface area contributed by atoms with Gasteiger partial charge in [0, 0.05) is 23.7 Å². The first kappa shape index (κ1) is 19.2. The lowest BCUT2D eigenvalue weighted by molar-refractivity contribution is -0.122. The van der Waals surface area contributed by atoms with Crippen molar-refractivity contribution in [3.05, 3.63) is 64.9 Å². The number of rotatable bonds is 9. The molecule has 0 saturated heterocycles. The maximum atomic E-state index is 13.5. The summed E-state index contributed by atoms with van der Waals surface area (Å²) in [6, 6.07) is 13.6. The molecule has 134 valence electrons. The topological polar surface area (TPSA) is 41.6 Å². The monoisotopic (exact) mass is 364 g/mol. The second-order valence-electron chi connectivity index (χ2n) is 5.76. The van der Waals surface area contributed by atoms with Gasteiger partial charge in [-0.05, 0) is 43.8 Å². The molecule has 0 spiro atoms. The van der Waals surface area contributed by atoms with Crippen molar-refractivity contribution in [3.63, 3.8) is 0 Å². The van der Waals surface area contributed by atoms with Gasteiger partial charge in [0.15, 0.2) is 0 Å². The zero-order valence-electron chi connectivity index (χ0n) is 14.2. The van der Waals surface area contributed by atoms with Crippen LogP contribution in [0.4, 0.5) is 4.39 Å². The number of halogens is 2. The number of hydrogen-bond acceptors (Lipinski definition) is 3. The smallest absolute Gasteiger partial charge is 0.234 e. The molecule has 4 nitrogen and oxygen atoms in total. The Kier molecular flexibility index (Phi) is 7.70. The SMILES string of the molecule is CN(CCCOc1ccc(Cl)cc1)CC(=O)NCc1ccccc1F. The third-order valence-corrected chi connectivity index (χ3v) is 3.87. The molecule has 0 atom stereocenters. The molecule has 0 bridgehead atoms. The van der Waals surface area contributed by atoms with Crippen molar-refractivity contribution in [2.24, 2.45) is 0 Å². The number of carbonyl (C=O) groups excluding carboxylic acids is 1. The van der Waals surface area contributed by atoms with Crippen LogP contribution in [0.15, 0.2) is 48.5 Å². The summed E-state index contributed by atoms with van der Waals surface area (Å²) in [5.74, 6) is 0.328. The Labute approximate surface area is 152 Å². The number of benzene rings is 2. The molecule has 0 saturated carbocycles. The van der Waals surface area contributed by atoms with Crippen LogP contribution >= 0.6 is 11.6 Å². The van der Waals surface area contributed by atoms with Gasteiger partial charge in [-0.2, -0.15) is 0 Å². The van der Waals surface area contributed by atoms with E-state index in [0.29, 0.717) is 17.2 Å². The zero-order chi connectivity index (χ0) is 18.1. The average Bonchev–Trinajstić information content (AvgIpc) is 2.59. The highest BCUT2D eigenvalue weighted by atomic mass is 35.5. The minimum Gasteiger partial charge on any atom is -0.494 e. The van der Waals surface area contributed by atoms with Crippen molar-refractivity contribution in [3.8, 4) is 5.75 Å². The lowest BCUT2D eigenvalue weighted by atomic mass is 10.2. The van der Waals surface area contributed by atoms with Gasteiger partial charge < -0.3 is 10.1 Å². The largest absolute Gasteiger partial charge is 0.494 e. The third-order valence-electron chi connectivity index (χ3n) is 3.61. The average molecular weight is 365 g/mol. The molecule has 0 fully saturated rings. The van der Waals surface area contributed by atoms with E-state index in [0.717, 1.165) is 18.7 Å². The standard InChI is InChI=1S/C19H22ClFN2O2/c1-23(11-4-12-25-17-9-7-16(20)8-10-17)14-19(24)22-13-15-5-2-3-6-18(15)21/h2-3,5-10H,4,11-14H2,1H3,(H,22,24). The Bertz CT molecular complexity index is 679. The van der Waals surface area contributed by atoms with Crippen LogP contribution in [0.5, 0.6) is 5.75 Å². The number of nitrogens with zero attached hydrogens (tertiary/aromatic N) is 1. The van der Waals surface area contributed by atoms with Gasteiger partial charge in [0.2, 0.25) is 5.91 Å². The number of likely N-dealkylation sites (N-methyl/N-ethyl adjacent to an activating group) is 1. The van der Waals surface area contributed by atoms with Gasteiger partial charge in [0.1, 0.15) is 11.6 Å². The van der Waals surface area contributed by atoms with Crippen molar-refractivity contribution in [2.45, 2.75) is 13.0 Å². The predicted octanol–water partition coefficient (Wildman–Crippen LogP) is 3.50. The Morgan fingerprint density at radius 2 is 1.92 bits per heavy atom. The Hall–Kier alpha value is -2.11. The summed E-state index contributed by atoms with van der Waals surface area (Å²) in [6.45, 7) is 1.73. The quantitative estimate of drug-likeness (QED) is 0.692. The molecule has 0 aliphatic heterocycles. The first-order valence-corrected chi connectivity index (χ1v) is 8.49.